The Morgan fingerprint density at radius 3 is 2.19 bits per heavy atom. The lowest BCUT2D eigenvalue weighted by molar-refractivity contribution is -0.130. The molecular formula is C10H19N3O3. The quantitative estimate of drug-likeness (QED) is 0.560. The van der Waals surface area contributed by atoms with E-state index >= 15 is 0 Å². The Hall–Kier alpha value is -1.59. The molecule has 2 unspecified atom stereocenters. The highest BCUT2D eigenvalue weighted by Gasteiger charge is 2.21. The summed E-state index contributed by atoms with van der Waals surface area (Å²) >= 11 is 0. The Bertz CT molecular complexity index is 278. The molecule has 0 aromatic carbocycles. The van der Waals surface area contributed by atoms with Gasteiger partial charge >= 0.3 is 0 Å². The van der Waals surface area contributed by atoms with Gasteiger partial charge in [0.05, 0.1) is 0 Å². The van der Waals surface area contributed by atoms with Gasteiger partial charge in [0.1, 0.15) is 12.1 Å². The largest absolute Gasteiger partial charge is 0.368 e. The van der Waals surface area contributed by atoms with E-state index in [9.17, 15) is 14.4 Å². The van der Waals surface area contributed by atoms with Crippen LogP contribution < -0.4 is 16.4 Å². The number of nitrogens with two attached hydrogens (primary N) is 1. The Labute approximate surface area is 94.9 Å². The first-order chi connectivity index (χ1) is 7.38. The van der Waals surface area contributed by atoms with E-state index in [2.05, 4.69) is 10.6 Å². The fourth-order valence-electron chi connectivity index (χ4n) is 1.19. The molecule has 2 atom stereocenters. The lowest BCUT2D eigenvalue weighted by atomic mass is 10.1. The van der Waals surface area contributed by atoms with E-state index in [1.165, 1.54) is 13.8 Å². The second-order valence-electron chi connectivity index (χ2n) is 3.67. The predicted molar refractivity (Wildman–Crippen MR) is 59.3 cm³/mol. The van der Waals surface area contributed by atoms with Crippen LogP contribution in [0.2, 0.25) is 0 Å². The van der Waals surface area contributed by atoms with E-state index in [0.29, 0.717) is 6.42 Å². The third-order valence-electron chi connectivity index (χ3n) is 2.06. The molecule has 0 saturated carbocycles. The highest BCUT2D eigenvalue weighted by Crippen LogP contribution is 1.97. The Kier molecular flexibility index (Phi) is 6.14. The van der Waals surface area contributed by atoms with Crippen molar-refractivity contribution in [3.8, 4) is 0 Å². The average Bonchev–Trinajstić information content (AvgIpc) is 2.16. The molecule has 0 aromatic rings. The van der Waals surface area contributed by atoms with Crippen molar-refractivity contribution in [1.82, 2.24) is 10.6 Å². The molecule has 92 valence electrons. The van der Waals surface area contributed by atoms with Gasteiger partial charge in [0.2, 0.25) is 17.7 Å². The van der Waals surface area contributed by atoms with Crippen LogP contribution in [0.4, 0.5) is 0 Å². The summed E-state index contributed by atoms with van der Waals surface area (Å²) in [4.78, 5) is 33.3. The van der Waals surface area contributed by atoms with Crippen LogP contribution in [0.3, 0.4) is 0 Å². The molecule has 0 spiro atoms. The number of carbonyl (C=O) groups excluding carboxylic acids is 3. The standard InChI is InChI=1S/C10H19N3O3/c1-4-5-8(13-7(3)14)10(16)12-6(2)9(11)15/h6,8H,4-5H2,1-3H3,(H2,11,15)(H,12,16)(H,13,14). The van der Waals surface area contributed by atoms with E-state index in [1.807, 2.05) is 6.92 Å². The highest BCUT2D eigenvalue weighted by atomic mass is 16.2. The summed E-state index contributed by atoms with van der Waals surface area (Å²) in [7, 11) is 0. The maximum atomic E-state index is 11.6. The van der Waals surface area contributed by atoms with Crippen LogP contribution in [-0.4, -0.2) is 29.8 Å². The molecule has 0 fully saturated rings. The third-order valence-corrected chi connectivity index (χ3v) is 2.06. The molecule has 0 aliphatic rings. The fraction of sp³-hybridized carbons (Fsp3) is 0.700. The van der Waals surface area contributed by atoms with Crippen molar-refractivity contribution in [3.05, 3.63) is 0 Å². The van der Waals surface area contributed by atoms with Crippen LogP contribution >= 0.6 is 0 Å². The average molecular weight is 229 g/mol. The third kappa shape index (κ3) is 5.33. The number of rotatable bonds is 6. The van der Waals surface area contributed by atoms with E-state index in [-0.39, 0.29) is 11.8 Å². The van der Waals surface area contributed by atoms with Crippen LogP contribution in [0.15, 0.2) is 0 Å². The first-order valence-corrected chi connectivity index (χ1v) is 5.25. The molecule has 0 aliphatic heterocycles. The van der Waals surface area contributed by atoms with Crippen molar-refractivity contribution in [1.29, 1.82) is 0 Å². The number of nitrogens with one attached hydrogen (secondary N) is 2. The monoisotopic (exact) mass is 229 g/mol. The zero-order valence-electron chi connectivity index (χ0n) is 9.87. The van der Waals surface area contributed by atoms with Crippen LogP contribution in [0.5, 0.6) is 0 Å². The zero-order valence-corrected chi connectivity index (χ0v) is 9.87. The molecule has 6 heteroatoms. The van der Waals surface area contributed by atoms with Crippen molar-refractivity contribution in [2.75, 3.05) is 0 Å². The second-order valence-corrected chi connectivity index (χ2v) is 3.67. The van der Waals surface area contributed by atoms with Gasteiger partial charge in [0, 0.05) is 6.92 Å². The van der Waals surface area contributed by atoms with Crippen molar-refractivity contribution in [3.63, 3.8) is 0 Å². The summed E-state index contributed by atoms with van der Waals surface area (Å²) in [6.45, 7) is 4.74. The van der Waals surface area contributed by atoms with E-state index in [0.717, 1.165) is 6.42 Å². The van der Waals surface area contributed by atoms with Gasteiger partial charge in [-0.1, -0.05) is 13.3 Å². The maximum absolute atomic E-state index is 11.6. The highest BCUT2D eigenvalue weighted by molar-refractivity contribution is 5.90. The molecule has 6 nitrogen and oxygen atoms in total. The molecular weight excluding hydrogens is 210 g/mol. The number of amides is 3. The van der Waals surface area contributed by atoms with Crippen molar-refractivity contribution in [2.45, 2.75) is 45.7 Å². The second kappa shape index (κ2) is 6.81. The Morgan fingerprint density at radius 1 is 1.25 bits per heavy atom. The zero-order chi connectivity index (χ0) is 12.7. The molecule has 0 radical (unpaired) electrons. The molecule has 0 rings (SSSR count). The SMILES string of the molecule is CCCC(NC(C)=O)C(=O)NC(C)C(N)=O. The molecule has 16 heavy (non-hydrogen) atoms. The number of hydrogen-bond acceptors (Lipinski definition) is 3. The van der Waals surface area contributed by atoms with Crippen LogP contribution in [-0.2, 0) is 14.4 Å². The van der Waals surface area contributed by atoms with Gasteiger partial charge in [-0.3, -0.25) is 14.4 Å². The van der Waals surface area contributed by atoms with E-state index in [1.54, 1.807) is 0 Å². The van der Waals surface area contributed by atoms with Crippen molar-refractivity contribution < 1.29 is 14.4 Å². The first-order valence-electron chi connectivity index (χ1n) is 5.25. The van der Waals surface area contributed by atoms with Crippen LogP contribution in [0.1, 0.15) is 33.6 Å². The molecule has 3 amide bonds. The molecule has 0 heterocycles. The summed E-state index contributed by atoms with van der Waals surface area (Å²) in [5, 5.41) is 4.96. The lowest BCUT2D eigenvalue weighted by Gasteiger charge is -2.18. The molecule has 0 saturated heterocycles. The fourth-order valence-corrected chi connectivity index (χ4v) is 1.19. The number of carbonyl (C=O) groups is 3. The first kappa shape index (κ1) is 14.4. The van der Waals surface area contributed by atoms with Gasteiger partial charge in [-0.05, 0) is 13.3 Å². The summed E-state index contributed by atoms with van der Waals surface area (Å²) < 4.78 is 0. The minimum atomic E-state index is -0.736. The normalized spacial score (nSPS) is 13.7. The summed E-state index contributed by atoms with van der Waals surface area (Å²) in [5.41, 5.74) is 5.02. The van der Waals surface area contributed by atoms with Gasteiger partial charge in [-0.2, -0.15) is 0 Å². The summed E-state index contributed by atoms with van der Waals surface area (Å²) in [5.74, 6) is -1.27. The van der Waals surface area contributed by atoms with Gasteiger partial charge in [-0.25, -0.2) is 0 Å². The van der Waals surface area contributed by atoms with Gasteiger partial charge < -0.3 is 16.4 Å². The Morgan fingerprint density at radius 2 is 1.81 bits per heavy atom. The molecule has 0 bridgehead atoms. The van der Waals surface area contributed by atoms with E-state index in [4.69, 9.17) is 5.73 Å². The van der Waals surface area contributed by atoms with Crippen molar-refractivity contribution >= 4 is 17.7 Å². The Balaban J connectivity index is 4.37. The maximum Gasteiger partial charge on any atom is 0.243 e. The lowest BCUT2D eigenvalue weighted by Crippen LogP contribution is -2.51. The van der Waals surface area contributed by atoms with Crippen molar-refractivity contribution in [2.24, 2.45) is 5.73 Å². The summed E-state index contributed by atoms with van der Waals surface area (Å²) in [6.07, 6.45) is 1.28. The van der Waals surface area contributed by atoms with Gasteiger partial charge in [-0.15, -0.1) is 0 Å². The summed E-state index contributed by atoms with van der Waals surface area (Å²) in [6, 6.07) is -1.34. The smallest absolute Gasteiger partial charge is 0.243 e. The predicted octanol–water partition coefficient (Wildman–Crippen LogP) is -0.719. The number of hydrogen-bond donors (Lipinski definition) is 3. The molecule has 0 aliphatic carbocycles. The minimum Gasteiger partial charge on any atom is -0.368 e. The molecule has 4 N–H and O–H groups in total. The molecule has 0 aromatic heterocycles. The van der Waals surface area contributed by atoms with E-state index < -0.39 is 18.0 Å². The van der Waals surface area contributed by atoms with Crippen LogP contribution in [0, 0.1) is 0 Å². The van der Waals surface area contributed by atoms with Gasteiger partial charge in [0.25, 0.3) is 0 Å². The number of primary amides is 1. The van der Waals surface area contributed by atoms with Crippen LogP contribution in [0.25, 0.3) is 0 Å². The topological polar surface area (TPSA) is 101 Å². The minimum absolute atomic E-state index is 0.277. The van der Waals surface area contributed by atoms with Gasteiger partial charge in [0.15, 0.2) is 0 Å².